The summed E-state index contributed by atoms with van der Waals surface area (Å²) in [6, 6.07) is 15.2. The Morgan fingerprint density at radius 2 is 1.95 bits per heavy atom. The molecule has 1 aliphatic heterocycles. The van der Waals surface area contributed by atoms with Crippen molar-refractivity contribution in [3.8, 4) is 0 Å². The van der Waals surface area contributed by atoms with E-state index in [2.05, 4.69) is 66.5 Å². The minimum Gasteiger partial charge on any atom is -0.382 e. The number of nitrogens with zero attached hydrogens (tertiary/aromatic N) is 1. The number of benzene rings is 2. The number of para-hydroxylation sites is 3. The van der Waals surface area contributed by atoms with E-state index in [-0.39, 0.29) is 0 Å². The lowest BCUT2D eigenvalue weighted by Crippen LogP contribution is -2.31. The number of rotatable bonds is 2. The largest absolute Gasteiger partial charge is 0.382 e. The Morgan fingerprint density at radius 1 is 1.11 bits per heavy atom. The molecule has 0 bridgehead atoms. The van der Waals surface area contributed by atoms with Crippen LogP contribution in [0.5, 0.6) is 0 Å². The van der Waals surface area contributed by atoms with Gasteiger partial charge in [-0.05, 0) is 36.6 Å². The first-order chi connectivity index (χ1) is 9.31. The smallest absolute Gasteiger partial charge is 0.0647 e. The molecular weight excluding hydrogens is 232 g/mol. The second-order valence-corrected chi connectivity index (χ2v) is 5.03. The fraction of sp³-hybridized carbons (Fsp3) is 0.294. The van der Waals surface area contributed by atoms with Crippen LogP contribution in [0, 0.1) is 6.92 Å². The Morgan fingerprint density at radius 3 is 2.79 bits per heavy atom. The third kappa shape index (κ3) is 2.07. The summed E-state index contributed by atoms with van der Waals surface area (Å²) in [5.41, 5.74) is 6.70. The average Bonchev–Trinajstić information content (AvgIpc) is 2.46. The number of hydrogen-bond acceptors (Lipinski definition) is 2. The van der Waals surface area contributed by atoms with Crippen LogP contribution in [0.25, 0.3) is 0 Å². The molecule has 1 heterocycles. The van der Waals surface area contributed by atoms with Gasteiger partial charge in [-0.2, -0.15) is 0 Å². The summed E-state index contributed by atoms with van der Waals surface area (Å²) < 4.78 is 0. The predicted octanol–water partition coefficient (Wildman–Crippen LogP) is 4.12. The van der Waals surface area contributed by atoms with E-state index >= 15 is 0 Å². The fourth-order valence-electron chi connectivity index (χ4n) is 2.90. The molecule has 3 rings (SSSR count). The molecule has 0 atom stereocenters. The van der Waals surface area contributed by atoms with Gasteiger partial charge in [-0.15, -0.1) is 0 Å². The summed E-state index contributed by atoms with van der Waals surface area (Å²) in [5.74, 6) is 0. The van der Waals surface area contributed by atoms with Crippen LogP contribution in [0.2, 0.25) is 0 Å². The first-order valence-electron chi connectivity index (χ1n) is 7.00. The Kier molecular flexibility index (Phi) is 3.16. The SMILES string of the molecule is CCc1cccc(C)c1N1CCNc2ccccc21. The first kappa shape index (κ1) is 12.1. The molecule has 0 aliphatic carbocycles. The van der Waals surface area contributed by atoms with Gasteiger partial charge in [0, 0.05) is 18.8 Å². The van der Waals surface area contributed by atoms with Crippen molar-refractivity contribution in [2.45, 2.75) is 20.3 Å². The molecule has 1 N–H and O–H groups in total. The van der Waals surface area contributed by atoms with Crippen LogP contribution in [-0.2, 0) is 6.42 Å². The van der Waals surface area contributed by atoms with Crippen molar-refractivity contribution in [1.29, 1.82) is 0 Å². The van der Waals surface area contributed by atoms with E-state index in [9.17, 15) is 0 Å². The molecule has 0 unspecified atom stereocenters. The molecule has 2 aromatic rings. The average molecular weight is 252 g/mol. The van der Waals surface area contributed by atoms with Crippen LogP contribution >= 0.6 is 0 Å². The zero-order chi connectivity index (χ0) is 13.2. The van der Waals surface area contributed by atoms with Gasteiger partial charge in [0.15, 0.2) is 0 Å². The third-order valence-electron chi connectivity index (χ3n) is 3.82. The standard InChI is InChI=1S/C17H20N2/c1-3-14-8-6-7-13(2)17(14)19-12-11-18-15-9-4-5-10-16(15)19/h4-10,18H,3,11-12H2,1-2H3. The summed E-state index contributed by atoms with van der Waals surface area (Å²) in [6.07, 6.45) is 1.07. The van der Waals surface area contributed by atoms with Crippen molar-refractivity contribution in [1.82, 2.24) is 0 Å². The molecular formula is C17H20N2. The summed E-state index contributed by atoms with van der Waals surface area (Å²) in [5, 5.41) is 3.48. The Balaban J connectivity index is 2.14. The molecule has 2 nitrogen and oxygen atoms in total. The summed E-state index contributed by atoms with van der Waals surface area (Å²) in [6.45, 7) is 6.45. The van der Waals surface area contributed by atoms with Gasteiger partial charge in [-0.25, -0.2) is 0 Å². The predicted molar refractivity (Wildman–Crippen MR) is 82.5 cm³/mol. The van der Waals surface area contributed by atoms with Crippen molar-refractivity contribution in [3.63, 3.8) is 0 Å². The fourth-order valence-corrected chi connectivity index (χ4v) is 2.90. The Hall–Kier alpha value is -1.96. The highest BCUT2D eigenvalue weighted by molar-refractivity contribution is 5.80. The molecule has 0 saturated carbocycles. The van der Waals surface area contributed by atoms with Crippen molar-refractivity contribution in [3.05, 3.63) is 53.6 Å². The van der Waals surface area contributed by atoms with E-state index in [1.165, 1.54) is 28.2 Å². The van der Waals surface area contributed by atoms with Gasteiger partial charge in [-0.1, -0.05) is 37.3 Å². The van der Waals surface area contributed by atoms with Gasteiger partial charge >= 0.3 is 0 Å². The lowest BCUT2D eigenvalue weighted by Gasteiger charge is -2.34. The lowest BCUT2D eigenvalue weighted by molar-refractivity contribution is 0.911. The lowest BCUT2D eigenvalue weighted by atomic mass is 10.0. The number of nitrogens with one attached hydrogen (secondary N) is 1. The maximum atomic E-state index is 3.48. The van der Waals surface area contributed by atoms with E-state index in [0.717, 1.165) is 19.5 Å². The highest BCUT2D eigenvalue weighted by Gasteiger charge is 2.20. The molecule has 0 radical (unpaired) electrons. The number of hydrogen-bond donors (Lipinski definition) is 1. The van der Waals surface area contributed by atoms with E-state index in [1.807, 2.05) is 0 Å². The third-order valence-corrected chi connectivity index (χ3v) is 3.82. The van der Waals surface area contributed by atoms with Crippen molar-refractivity contribution in [2.24, 2.45) is 0 Å². The van der Waals surface area contributed by atoms with Gasteiger partial charge in [0.25, 0.3) is 0 Å². The Bertz CT molecular complexity index is 590. The zero-order valence-corrected chi connectivity index (χ0v) is 11.6. The van der Waals surface area contributed by atoms with Gasteiger partial charge in [0.1, 0.15) is 0 Å². The van der Waals surface area contributed by atoms with Crippen LogP contribution < -0.4 is 10.2 Å². The quantitative estimate of drug-likeness (QED) is 0.865. The summed E-state index contributed by atoms with van der Waals surface area (Å²) >= 11 is 0. The second kappa shape index (κ2) is 4.96. The van der Waals surface area contributed by atoms with Gasteiger partial charge in [0.05, 0.1) is 11.4 Å². The van der Waals surface area contributed by atoms with Gasteiger partial charge in [0.2, 0.25) is 0 Å². The van der Waals surface area contributed by atoms with Crippen molar-refractivity contribution >= 4 is 17.1 Å². The van der Waals surface area contributed by atoms with Gasteiger partial charge in [-0.3, -0.25) is 0 Å². The number of anilines is 3. The van der Waals surface area contributed by atoms with E-state index < -0.39 is 0 Å². The maximum absolute atomic E-state index is 3.48. The van der Waals surface area contributed by atoms with Crippen molar-refractivity contribution in [2.75, 3.05) is 23.3 Å². The summed E-state index contributed by atoms with van der Waals surface area (Å²) in [7, 11) is 0. The Labute approximate surface area is 115 Å². The molecule has 2 heteroatoms. The highest BCUT2D eigenvalue weighted by atomic mass is 15.2. The van der Waals surface area contributed by atoms with Crippen molar-refractivity contribution < 1.29 is 0 Å². The number of aryl methyl sites for hydroxylation is 2. The molecule has 0 fully saturated rings. The first-order valence-corrected chi connectivity index (χ1v) is 7.00. The molecule has 98 valence electrons. The molecule has 0 saturated heterocycles. The molecule has 0 spiro atoms. The maximum Gasteiger partial charge on any atom is 0.0647 e. The number of fused-ring (bicyclic) bond motifs is 1. The topological polar surface area (TPSA) is 15.3 Å². The monoisotopic (exact) mass is 252 g/mol. The van der Waals surface area contributed by atoms with E-state index in [1.54, 1.807) is 0 Å². The molecule has 2 aromatic carbocycles. The van der Waals surface area contributed by atoms with Crippen LogP contribution in [0.3, 0.4) is 0 Å². The van der Waals surface area contributed by atoms with Crippen LogP contribution in [0.4, 0.5) is 17.1 Å². The van der Waals surface area contributed by atoms with Crippen LogP contribution in [0.15, 0.2) is 42.5 Å². The molecule has 19 heavy (non-hydrogen) atoms. The van der Waals surface area contributed by atoms with E-state index in [0.29, 0.717) is 0 Å². The highest BCUT2D eigenvalue weighted by Crippen LogP contribution is 2.37. The normalized spacial score (nSPS) is 13.9. The molecule has 0 amide bonds. The van der Waals surface area contributed by atoms with Crippen LogP contribution in [0.1, 0.15) is 18.1 Å². The van der Waals surface area contributed by atoms with E-state index in [4.69, 9.17) is 0 Å². The second-order valence-electron chi connectivity index (χ2n) is 5.03. The summed E-state index contributed by atoms with van der Waals surface area (Å²) in [4.78, 5) is 2.46. The molecule has 1 aliphatic rings. The van der Waals surface area contributed by atoms with Crippen LogP contribution in [-0.4, -0.2) is 13.1 Å². The van der Waals surface area contributed by atoms with Gasteiger partial charge < -0.3 is 10.2 Å². The molecule has 0 aromatic heterocycles. The zero-order valence-electron chi connectivity index (χ0n) is 11.6. The minimum atomic E-state index is 0.995. The minimum absolute atomic E-state index is 0.995.